The van der Waals surface area contributed by atoms with Crippen LogP contribution in [-0.4, -0.2) is 64.3 Å². The average Bonchev–Trinajstić information content (AvgIpc) is 2.63. The van der Waals surface area contributed by atoms with Crippen LogP contribution in [0, 0.1) is 0 Å². The lowest BCUT2D eigenvalue weighted by atomic mass is 9.96. The van der Waals surface area contributed by atoms with Crippen LogP contribution in [0.4, 0.5) is 5.82 Å². The zero-order valence-electron chi connectivity index (χ0n) is 13.3. The number of carbonyl (C=O) groups is 2. The smallest absolute Gasteiger partial charge is 0.274 e. The van der Waals surface area contributed by atoms with E-state index in [1.54, 1.807) is 22.2 Å². The molecule has 0 spiro atoms. The van der Waals surface area contributed by atoms with Gasteiger partial charge in [0.2, 0.25) is 6.41 Å². The quantitative estimate of drug-likeness (QED) is 0.842. The third-order valence-corrected chi connectivity index (χ3v) is 4.58. The van der Waals surface area contributed by atoms with Crippen molar-refractivity contribution in [3.05, 3.63) is 18.1 Å². The van der Waals surface area contributed by atoms with Gasteiger partial charge in [-0.25, -0.2) is 9.97 Å². The Morgan fingerprint density at radius 1 is 1.09 bits per heavy atom. The van der Waals surface area contributed by atoms with Crippen molar-refractivity contribution in [1.82, 2.24) is 19.8 Å². The number of amides is 2. The fourth-order valence-corrected chi connectivity index (χ4v) is 3.16. The summed E-state index contributed by atoms with van der Waals surface area (Å²) < 4.78 is 0. The Hall–Kier alpha value is -2.18. The normalized spacial score (nSPS) is 19.5. The SMILES string of the molecule is O=CN1CCN(C(=O)c2cnc(NC3CCCCC3)cn2)CC1. The third-order valence-electron chi connectivity index (χ3n) is 4.58. The molecule has 0 radical (unpaired) electrons. The summed E-state index contributed by atoms with van der Waals surface area (Å²) >= 11 is 0. The van der Waals surface area contributed by atoms with Crippen molar-refractivity contribution < 1.29 is 9.59 Å². The molecule has 0 aromatic carbocycles. The highest BCUT2D eigenvalue weighted by molar-refractivity contribution is 5.92. The predicted molar refractivity (Wildman–Crippen MR) is 86.1 cm³/mol. The largest absolute Gasteiger partial charge is 0.366 e. The zero-order valence-corrected chi connectivity index (χ0v) is 13.3. The number of rotatable bonds is 4. The van der Waals surface area contributed by atoms with Crippen molar-refractivity contribution in [2.45, 2.75) is 38.1 Å². The van der Waals surface area contributed by atoms with Gasteiger partial charge in [-0.3, -0.25) is 9.59 Å². The Kier molecular flexibility index (Phi) is 5.05. The van der Waals surface area contributed by atoms with Gasteiger partial charge >= 0.3 is 0 Å². The second-order valence-electron chi connectivity index (χ2n) is 6.20. The fraction of sp³-hybridized carbons (Fsp3) is 0.625. The molecule has 1 aromatic heterocycles. The van der Waals surface area contributed by atoms with Crippen LogP contribution in [0.25, 0.3) is 0 Å². The maximum absolute atomic E-state index is 12.4. The highest BCUT2D eigenvalue weighted by Crippen LogP contribution is 2.20. The summed E-state index contributed by atoms with van der Waals surface area (Å²) in [7, 11) is 0. The molecule has 2 fully saturated rings. The summed E-state index contributed by atoms with van der Waals surface area (Å²) in [4.78, 5) is 35.1. The first-order valence-corrected chi connectivity index (χ1v) is 8.33. The van der Waals surface area contributed by atoms with Gasteiger partial charge in [0.1, 0.15) is 11.5 Å². The number of hydrogen-bond acceptors (Lipinski definition) is 5. The van der Waals surface area contributed by atoms with E-state index in [4.69, 9.17) is 0 Å². The minimum absolute atomic E-state index is 0.118. The number of carbonyl (C=O) groups excluding carboxylic acids is 2. The Labute approximate surface area is 136 Å². The van der Waals surface area contributed by atoms with Gasteiger partial charge in [0.05, 0.1) is 12.4 Å². The van der Waals surface area contributed by atoms with Gasteiger partial charge in [0.15, 0.2) is 0 Å². The van der Waals surface area contributed by atoms with Gasteiger partial charge in [0.25, 0.3) is 5.91 Å². The maximum atomic E-state index is 12.4. The maximum Gasteiger partial charge on any atom is 0.274 e. The summed E-state index contributed by atoms with van der Waals surface area (Å²) in [6, 6.07) is 0.469. The van der Waals surface area contributed by atoms with E-state index < -0.39 is 0 Å². The van der Waals surface area contributed by atoms with Gasteiger partial charge in [-0.05, 0) is 12.8 Å². The van der Waals surface area contributed by atoms with Crippen molar-refractivity contribution in [1.29, 1.82) is 0 Å². The first-order chi connectivity index (χ1) is 11.3. The van der Waals surface area contributed by atoms with Crippen molar-refractivity contribution in [3.8, 4) is 0 Å². The van der Waals surface area contributed by atoms with E-state index in [1.807, 2.05) is 0 Å². The molecule has 0 unspecified atom stereocenters. The lowest BCUT2D eigenvalue weighted by Crippen LogP contribution is -2.48. The summed E-state index contributed by atoms with van der Waals surface area (Å²) in [5.41, 5.74) is 0.360. The highest BCUT2D eigenvalue weighted by Gasteiger charge is 2.22. The molecule has 2 heterocycles. The monoisotopic (exact) mass is 317 g/mol. The second kappa shape index (κ2) is 7.39. The fourth-order valence-electron chi connectivity index (χ4n) is 3.16. The van der Waals surface area contributed by atoms with Gasteiger partial charge < -0.3 is 15.1 Å². The Bertz CT molecular complexity index is 534. The topological polar surface area (TPSA) is 78.4 Å². The molecule has 0 atom stereocenters. The molecule has 2 aliphatic rings. The van der Waals surface area contributed by atoms with Crippen molar-refractivity contribution >= 4 is 18.1 Å². The molecular formula is C16H23N5O2. The summed E-state index contributed by atoms with van der Waals surface area (Å²) in [6.45, 7) is 2.23. The second-order valence-corrected chi connectivity index (χ2v) is 6.20. The molecule has 1 aliphatic heterocycles. The molecule has 23 heavy (non-hydrogen) atoms. The molecular weight excluding hydrogens is 294 g/mol. The zero-order chi connectivity index (χ0) is 16.1. The molecule has 1 aromatic rings. The molecule has 124 valence electrons. The third kappa shape index (κ3) is 3.97. The van der Waals surface area contributed by atoms with E-state index in [9.17, 15) is 9.59 Å². The molecule has 7 nitrogen and oxygen atoms in total. The molecule has 7 heteroatoms. The molecule has 1 aliphatic carbocycles. The first kappa shape index (κ1) is 15.7. The molecule has 1 saturated heterocycles. The van der Waals surface area contributed by atoms with Crippen LogP contribution in [0.2, 0.25) is 0 Å². The summed E-state index contributed by atoms with van der Waals surface area (Å²) in [5, 5.41) is 3.40. The predicted octanol–water partition coefficient (Wildman–Crippen LogP) is 1.14. The van der Waals surface area contributed by atoms with Crippen LogP contribution in [0.15, 0.2) is 12.4 Å². The number of nitrogens with zero attached hydrogens (tertiary/aromatic N) is 4. The van der Waals surface area contributed by atoms with Gasteiger partial charge in [-0.2, -0.15) is 0 Å². The Morgan fingerprint density at radius 3 is 2.43 bits per heavy atom. The Morgan fingerprint density at radius 2 is 1.83 bits per heavy atom. The van der Waals surface area contributed by atoms with E-state index >= 15 is 0 Å². The first-order valence-electron chi connectivity index (χ1n) is 8.33. The van der Waals surface area contributed by atoms with Crippen LogP contribution in [0.1, 0.15) is 42.6 Å². The highest BCUT2D eigenvalue weighted by atomic mass is 16.2. The molecule has 0 bridgehead atoms. The lowest BCUT2D eigenvalue weighted by Gasteiger charge is -2.32. The van der Waals surface area contributed by atoms with Crippen molar-refractivity contribution in [3.63, 3.8) is 0 Å². The van der Waals surface area contributed by atoms with Crippen molar-refractivity contribution in [2.24, 2.45) is 0 Å². The van der Waals surface area contributed by atoms with Gasteiger partial charge in [0, 0.05) is 32.2 Å². The van der Waals surface area contributed by atoms with Crippen LogP contribution in [0.5, 0.6) is 0 Å². The van der Waals surface area contributed by atoms with Crippen LogP contribution < -0.4 is 5.32 Å². The van der Waals surface area contributed by atoms with Crippen LogP contribution >= 0.6 is 0 Å². The lowest BCUT2D eigenvalue weighted by molar-refractivity contribution is -0.119. The molecule has 2 amide bonds. The standard InChI is InChI=1S/C16H23N5O2/c22-12-20-6-8-21(9-7-20)16(23)14-10-18-15(11-17-14)19-13-4-2-1-3-5-13/h10-13H,1-9H2,(H,18,19). The average molecular weight is 317 g/mol. The molecule has 1 N–H and O–H groups in total. The van der Waals surface area contributed by atoms with E-state index in [0.717, 1.165) is 12.2 Å². The van der Waals surface area contributed by atoms with Gasteiger partial charge in [-0.1, -0.05) is 19.3 Å². The van der Waals surface area contributed by atoms with E-state index in [-0.39, 0.29) is 5.91 Å². The molecule has 3 rings (SSSR count). The van der Waals surface area contributed by atoms with E-state index in [1.165, 1.54) is 32.1 Å². The van der Waals surface area contributed by atoms with Gasteiger partial charge in [-0.15, -0.1) is 0 Å². The van der Waals surface area contributed by atoms with Crippen molar-refractivity contribution in [2.75, 3.05) is 31.5 Å². The number of aromatic nitrogens is 2. The number of hydrogen-bond donors (Lipinski definition) is 1. The van der Waals surface area contributed by atoms with E-state index in [2.05, 4.69) is 15.3 Å². The van der Waals surface area contributed by atoms with Crippen LogP contribution in [-0.2, 0) is 4.79 Å². The Balaban J connectivity index is 1.56. The molecule has 1 saturated carbocycles. The summed E-state index contributed by atoms with van der Waals surface area (Å²) in [6.07, 6.45) is 10.2. The minimum Gasteiger partial charge on any atom is -0.366 e. The number of piperazine rings is 1. The number of anilines is 1. The number of nitrogens with one attached hydrogen (secondary N) is 1. The van der Waals surface area contributed by atoms with Crippen LogP contribution in [0.3, 0.4) is 0 Å². The van der Waals surface area contributed by atoms with E-state index in [0.29, 0.717) is 37.9 Å². The minimum atomic E-state index is -0.118. The summed E-state index contributed by atoms with van der Waals surface area (Å²) in [5.74, 6) is 0.617.